The van der Waals surface area contributed by atoms with Crippen LogP contribution < -0.4 is 14.2 Å². The third kappa shape index (κ3) is 3.97. The van der Waals surface area contributed by atoms with Crippen LogP contribution in [0.4, 0.5) is 0 Å². The molecular formula is C22H22O4. The van der Waals surface area contributed by atoms with Crippen LogP contribution in [0.15, 0.2) is 54.6 Å². The minimum absolute atomic E-state index is 0.470. The number of carbonyl (C=O) groups is 1. The van der Waals surface area contributed by atoms with E-state index in [0.717, 1.165) is 29.9 Å². The number of fused-ring (bicyclic) bond motifs is 1. The highest BCUT2D eigenvalue weighted by Crippen LogP contribution is 2.41. The quantitative estimate of drug-likeness (QED) is 0.390. The van der Waals surface area contributed by atoms with Crippen LogP contribution in [0.25, 0.3) is 10.8 Å². The SMILES string of the molecule is CCCCOc1c(OC)cc(C=O)cc1Oc1ccc2ccccc2c1. The minimum Gasteiger partial charge on any atom is -0.493 e. The summed E-state index contributed by atoms with van der Waals surface area (Å²) in [6, 6.07) is 17.3. The van der Waals surface area contributed by atoms with E-state index < -0.39 is 0 Å². The predicted molar refractivity (Wildman–Crippen MR) is 103 cm³/mol. The molecule has 0 aromatic heterocycles. The van der Waals surface area contributed by atoms with E-state index in [9.17, 15) is 4.79 Å². The van der Waals surface area contributed by atoms with Gasteiger partial charge in [-0.2, -0.15) is 0 Å². The number of rotatable bonds is 8. The molecule has 0 saturated heterocycles. The first-order valence-electron chi connectivity index (χ1n) is 8.71. The fraction of sp³-hybridized carbons (Fsp3) is 0.227. The number of hydrogen-bond acceptors (Lipinski definition) is 4. The topological polar surface area (TPSA) is 44.8 Å². The van der Waals surface area contributed by atoms with Crippen LogP contribution in [-0.2, 0) is 0 Å². The summed E-state index contributed by atoms with van der Waals surface area (Å²) < 4.78 is 17.4. The zero-order valence-corrected chi connectivity index (χ0v) is 15.0. The molecule has 0 heterocycles. The summed E-state index contributed by atoms with van der Waals surface area (Å²) in [6.07, 6.45) is 2.72. The van der Waals surface area contributed by atoms with E-state index in [0.29, 0.717) is 35.2 Å². The van der Waals surface area contributed by atoms with Crippen LogP contribution >= 0.6 is 0 Å². The van der Waals surface area contributed by atoms with Gasteiger partial charge < -0.3 is 14.2 Å². The fourth-order valence-electron chi connectivity index (χ4n) is 2.71. The Morgan fingerprint density at radius 2 is 1.73 bits per heavy atom. The summed E-state index contributed by atoms with van der Waals surface area (Å²) in [5, 5.41) is 2.22. The highest BCUT2D eigenvalue weighted by Gasteiger charge is 2.16. The Morgan fingerprint density at radius 1 is 0.962 bits per heavy atom. The molecule has 0 N–H and O–H groups in total. The van der Waals surface area contributed by atoms with Gasteiger partial charge in [0.25, 0.3) is 0 Å². The molecule has 0 spiro atoms. The summed E-state index contributed by atoms with van der Waals surface area (Å²) in [6.45, 7) is 2.66. The van der Waals surface area contributed by atoms with Crippen molar-refractivity contribution in [3.8, 4) is 23.0 Å². The molecule has 0 aliphatic rings. The summed E-state index contributed by atoms with van der Waals surface area (Å²) in [5.41, 5.74) is 0.473. The van der Waals surface area contributed by atoms with E-state index in [1.165, 1.54) is 0 Å². The Morgan fingerprint density at radius 3 is 2.46 bits per heavy atom. The number of aldehydes is 1. The van der Waals surface area contributed by atoms with Gasteiger partial charge in [0.15, 0.2) is 11.5 Å². The average molecular weight is 350 g/mol. The molecule has 4 nitrogen and oxygen atoms in total. The van der Waals surface area contributed by atoms with Gasteiger partial charge in [0.1, 0.15) is 12.0 Å². The van der Waals surface area contributed by atoms with Crippen LogP contribution in [0.5, 0.6) is 23.0 Å². The highest BCUT2D eigenvalue weighted by molar-refractivity contribution is 5.84. The van der Waals surface area contributed by atoms with Gasteiger partial charge in [0.2, 0.25) is 5.75 Å². The Labute approximate surface area is 153 Å². The van der Waals surface area contributed by atoms with E-state index in [4.69, 9.17) is 14.2 Å². The molecule has 0 aliphatic heterocycles. The lowest BCUT2D eigenvalue weighted by atomic mass is 10.1. The zero-order chi connectivity index (χ0) is 18.4. The molecule has 3 aromatic rings. The number of methoxy groups -OCH3 is 1. The maximum atomic E-state index is 11.3. The molecule has 0 saturated carbocycles. The molecule has 4 heteroatoms. The zero-order valence-electron chi connectivity index (χ0n) is 15.0. The lowest BCUT2D eigenvalue weighted by Gasteiger charge is -2.16. The van der Waals surface area contributed by atoms with Crippen LogP contribution in [0.1, 0.15) is 30.1 Å². The molecule has 0 aliphatic carbocycles. The van der Waals surface area contributed by atoms with Gasteiger partial charge in [-0.05, 0) is 41.5 Å². The minimum atomic E-state index is 0.470. The summed E-state index contributed by atoms with van der Waals surface area (Å²) in [5.74, 6) is 2.15. The van der Waals surface area contributed by atoms with E-state index in [1.54, 1.807) is 19.2 Å². The summed E-state index contributed by atoms with van der Waals surface area (Å²) in [7, 11) is 1.55. The van der Waals surface area contributed by atoms with Crippen molar-refractivity contribution in [2.45, 2.75) is 19.8 Å². The number of hydrogen-bond donors (Lipinski definition) is 0. The largest absolute Gasteiger partial charge is 0.493 e. The van der Waals surface area contributed by atoms with Crippen molar-refractivity contribution in [2.75, 3.05) is 13.7 Å². The van der Waals surface area contributed by atoms with Crippen molar-refractivity contribution in [3.63, 3.8) is 0 Å². The highest BCUT2D eigenvalue weighted by atomic mass is 16.5. The first kappa shape index (κ1) is 17.8. The molecule has 0 atom stereocenters. The third-order valence-corrected chi connectivity index (χ3v) is 4.09. The van der Waals surface area contributed by atoms with Gasteiger partial charge in [0, 0.05) is 5.56 Å². The van der Waals surface area contributed by atoms with Crippen LogP contribution in [0.3, 0.4) is 0 Å². The second-order valence-corrected chi connectivity index (χ2v) is 5.98. The Hall–Kier alpha value is -3.01. The molecule has 134 valence electrons. The molecule has 26 heavy (non-hydrogen) atoms. The normalized spacial score (nSPS) is 10.5. The van der Waals surface area contributed by atoms with Crippen LogP contribution in [-0.4, -0.2) is 20.0 Å². The maximum Gasteiger partial charge on any atom is 0.204 e. The van der Waals surface area contributed by atoms with Gasteiger partial charge in [-0.25, -0.2) is 0 Å². The predicted octanol–water partition coefficient (Wildman–Crippen LogP) is 5.63. The second-order valence-electron chi connectivity index (χ2n) is 5.98. The first-order chi connectivity index (χ1) is 12.7. The molecular weight excluding hydrogens is 328 g/mol. The first-order valence-corrected chi connectivity index (χ1v) is 8.71. The van der Waals surface area contributed by atoms with Crippen LogP contribution in [0, 0.1) is 0 Å². The Bertz CT molecular complexity index is 902. The summed E-state index contributed by atoms with van der Waals surface area (Å²) >= 11 is 0. The van der Waals surface area contributed by atoms with Gasteiger partial charge >= 0.3 is 0 Å². The Balaban J connectivity index is 1.98. The third-order valence-electron chi connectivity index (χ3n) is 4.09. The number of unbranched alkanes of at least 4 members (excludes halogenated alkanes) is 1. The number of ether oxygens (including phenoxy) is 3. The lowest BCUT2D eigenvalue weighted by Crippen LogP contribution is -2.02. The number of carbonyl (C=O) groups excluding carboxylic acids is 1. The second kappa shape index (κ2) is 8.39. The standard InChI is InChI=1S/C22H22O4/c1-3-4-11-25-22-20(24-2)12-16(15-23)13-21(22)26-19-10-9-17-7-5-6-8-18(17)14-19/h5-10,12-15H,3-4,11H2,1-2H3. The van der Waals surface area contributed by atoms with Crippen LogP contribution in [0.2, 0.25) is 0 Å². The van der Waals surface area contributed by atoms with E-state index in [1.807, 2.05) is 36.4 Å². The molecule has 3 aromatic carbocycles. The lowest BCUT2D eigenvalue weighted by molar-refractivity contribution is 0.112. The fourth-order valence-corrected chi connectivity index (χ4v) is 2.71. The van der Waals surface area contributed by atoms with E-state index >= 15 is 0 Å². The smallest absolute Gasteiger partial charge is 0.204 e. The molecule has 0 fully saturated rings. The van der Waals surface area contributed by atoms with Crippen molar-refractivity contribution in [2.24, 2.45) is 0 Å². The van der Waals surface area contributed by atoms with Crippen molar-refractivity contribution in [3.05, 3.63) is 60.2 Å². The van der Waals surface area contributed by atoms with Gasteiger partial charge in [0.05, 0.1) is 13.7 Å². The van der Waals surface area contributed by atoms with Gasteiger partial charge in [-0.15, -0.1) is 0 Å². The van der Waals surface area contributed by atoms with Crippen molar-refractivity contribution >= 4 is 17.1 Å². The molecule has 3 rings (SSSR count). The van der Waals surface area contributed by atoms with Crippen molar-refractivity contribution in [1.82, 2.24) is 0 Å². The van der Waals surface area contributed by atoms with E-state index in [2.05, 4.69) is 13.0 Å². The van der Waals surface area contributed by atoms with Gasteiger partial charge in [-0.1, -0.05) is 43.7 Å². The number of benzene rings is 3. The molecule has 0 unspecified atom stereocenters. The van der Waals surface area contributed by atoms with Crippen molar-refractivity contribution < 1.29 is 19.0 Å². The Kier molecular flexibility index (Phi) is 5.74. The van der Waals surface area contributed by atoms with Crippen molar-refractivity contribution in [1.29, 1.82) is 0 Å². The summed E-state index contributed by atoms with van der Waals surface area (Å²) in [4.78, 5) is 11.3. The van der Waals surface area contributed by atoms with E-state index in [-0.39, 0.29) is 0 Å². The average Bonchev–Trinajstić information content (AvgIpc) is 2.68. The molecule has 0 radical (unpaired) electrons. The molecule has 0 amide bonds. The monoisotopic (exact) mass is 350 g/mol. The maximum absolute atomic E-state index is 11.3. The molecule has 0 bridgehead atoms. The van der Waals surface area contributed by atoms with Gasteiger partial charge in [-0.3, -0.25) is 4.79 Å².